The van der Waals surface area contributed by atoms with Crippen LogP contribution in [0.25, 0.3) is 0 Å². The third-order valence-corrected chi connectivity index (χ3v) is 5.29. The van der Waals surface area contributed by atoms with E-state index in [4.69, 9.17) is 0 Å². The highest BCUT2D eigenvalue weighted by atomic mass is 15.3. The molecule has 1 fully saturated rings. The van der Waals surface area contributed by atoms with Crippen molar-refractivity contribution >= 4 is 5.96 Å². The minimum absolute atomic E-state index is 0.101. The Morgan fingerprint density at radius 3 is 2.58 bits per heavy atom. The summed E-state index contributed by atoms with van der Waals surface area (Å²) in [4.78, 5) is 6.98. The minimum atomic E-state index is 0.101. The summed E-state index contributed by atoms with van der Waals surface area (Å²) in [5.74, 6) is 3.41. The van der Waals surface area contributed by atoms with E-state index in [1.807, 2.05) is 7.05 Å². The fraction of sp³-hybridized carbons (Fsp3) is 0.842. The SMILES string of the molecule is CCc1nncn1CCNC(=NC)NCC(C)(C)N1CC(C)CC(C)C1. The summed E-state index contributed by atoms with van der Waals surface area (Å²) in [7, 11) is 1.82. The van der Waals surface area contributed by atoms with Crippen molar-refractivity contribution in [3.63, 3.8) is 0 Å². The van der Waals surface area contributed by atoms with Gasteiger partial charge in [0.2, 0.25) is 0 Å². The highest BCUT2D eigenvalue weighted by molar-refractivity contribution is 5.79. The van der Waals surface area contributed by atoms with Gasteiger partial charge >= 0.3 is 0 Å². The Kier molecular flexibility index (Phi) is 7.43. The van der Waals surface area contributed by atoms with Crippen LogP contribution in [0, 0.1) is 11.8 Å². The summed E-state index contributed by atoms with van der Waals surface area (Å²) in [5, 5.41) is 15.0. The molecule has 0 aromatic carbocycles. The van der Waals surface area contributed by atoms with Gasteiger partial charge in [-0.2, -0.15) is 0 Å². The van der Waals surface area contributed by atoms with Gasteiger partial charge < -0.3 is 15.2 Å². The molecule has 0 aliphatic carbocycles. The maximum absolute atomic E-state index is 4.36. The Hall–Kier alpha value is -1.63. The number of piperidine rings is 1. The molecule has 0 spiro atoms. The zero-order valence-electron chi connectivity index (χ0n) is 17.4. The molecule has 148 valence electrons. The van der Waals surface area contributed by atoms with Crippen molar-refractivity contribution in [2.24, 2.45) is 16.8 Å². The molecule has 0 radical (unpaired) electrons. The topological polar surface area (TPSA) is 70.4 Å². The number of hydrogen-bond acceptors (Lipinski definition) is 4. The van der Waals surface area contributed by atoms with Crippen molar-refractivity contribution in [2.45, 2.75) is 59.5 Å². The first-order chi connectivity index (χ1) is 12.4. The summed E-state index contributed by atoms with van der Waals surface area (Å²) in [6.45, 7) is 16.3. The van der Waals surface area contributed by atoms with Crippen molar-refractivity contribution in [1.29, 1.82) is 0 Å². The standard InChI is InChI=1S/C19H37N7/c1-7-17-24-23-14-25(17)9-8-21-18(20-6)22-13-19(4,5)26-11-15(2)10-16(3)12-26/h14-16H,7-13H2,1-6H3,(H2,20,21,22). The molecular formula is C19H37N7. The van der Waals surface area contributed by atoms with Gasteiger partial charge in [-0.15, -0.1) is 10.2 Å². The maximum Gasteiger partial charge on any atom is 0.191 e. The van der Waals surface area contributed by atoms with Crippen molar-refractivity contribution in [1.82, 2.24) is 30.3 Å². The number of likely N-dealkylation sites (tertiary alicyclic amines) is 1. The lowest BCUT2D eigenvalue weighted by Gasteiger charge is -2.45. The van der Waals surface area contributed by atoms with Gasteiger partial charge in [0.1, 0.15) is 12.2 Å². The second-order valence-electron chi connectivity index (χ2n) is 8.31. The van der Waals surface area contributed by atoms with E-state index in [1.165, 1.54) is 19.5 Å². The molecule has 2 atom stereocenters. The molecule has 2 rings (SSSR count). The number of hydrogen-bond donors (Lipinski definition) is 2. The highest BCUT2D eigenvalue weighted by Crippen LogP contribution is 2.26. The predicted octanol–water partition coefficient (Wildman–Crippen LogP) is 1.76. The summed E-state index contributed by atoms with van der Waals surface area (Å²) in [5.41, 5.74) is 0.101. The van der Waals surface area contributed by atoms with Crippen molar-refractivity contribution in [3.8, 4) is 0 Å². The molecule has 1 aliphatic heterocycles. The summed E-state index contributed by atoms with van der Waals surface area (Å²) < 4.78 is 2.08. The molecule has 1 aromatic rings. The smallest absolute Gasteiger partial charge is 0.191 e. The van der Waals surface area contributed by atoms with Crippen LogP contribution >= 0.6 is 0 Å². The number of nitrogens with one attached hydrogen (secondary N) is 2. The monoisotopic (exact) mass is 363 g/mol. The lowest BCUT2D eigenvalue weighted by molar-refractivity contribution is 0.0483. The fourth-order valence-electron chi connectivity index (χ4n) is 3.82. The lowest BCUT2D eigenvalue weighted by atomic mass is 9.88. The van der Waals surface area contributed by atoms with Crippen molar-refractivity contribution < 1.29 is 0 Å². The Balaban J connectivity index is 1.80. The van der Waals surface area contributed by atoms with Crippen LogP contribution in [0.3, 0.4) is 0 Å². The number of aryl methyl sites for hydroxylation is 1. The van der Waals surface area contributed by atoms with Gasteiger partial charge in [0.25, 0.3) is 0 Å². The Morgan fingerprint density at radius 2 is 1.96 bits per heavy atom. The molecule has 2 N–H and O–H groups in total. The van der Waals surface area contributed by atoms with Crippen molar-refractivity contribution in [2.75, 3.05) is 33.2 Å². The van der Waals surface area contributed by atoms with E-state index in [9.17, 15) is 0 Å². The number of rotatable bonds is 7. The van der Waals surface area contributed by atoms with Crippen LogP contribution in [0.15, 0.2) is 11.3 Å². The van der Waals surface area contributed by atoms with Crippen LogP contribution in [0.4, 0.5) is 0 Å². The molecule has 2 heterocycles. The van der Waals surface area contributed by atoms with Crippen molar-refractivity contribution in [3.05, 3.63) is 12.2 Å². The van der Waals surface area contributed by atoms with Crippen LogP contribution in [-0.4, -0.2) is 64.4 Å². The van der Waals surface area contributed by atoms with E-state index in [0.717, 1.165) is 49.7 Å². The quantitative estimate of drug-likeness (QED) is 0.571. The van der Waals surface area contributed by atoms with Gasteiger partial charge in [-0.25, -0.2) is 0 Å². The number of aromatic nitrogens is 3. The molecule has 1 aliphatic rings. The van der Waals surface area contributed by atoms with E-state index < -0.39 is 0 Å². The van der Waals surface area contributed by atoms with Crippen LogP contribution in [0.1, 0.15) is 46.9 Å². The molecule has 7 nitrogen and oxygen atoms in total. The third-order valence-electron chi connectivity index (χ3n) is 5.29. The molecule has 26 heavy (non-hydrogen) atoms. The van der Waals surface area contributed by atoms with Gasteiger partial charge in [-0.1, -0.05) is 20.8 Å². The Morgan fingerprint density at radius 1 is 1.27 bits per heavy atom. The number of nitrogens with zero attached hydrogens (tertiary/aromatic N) is 5. The molecular weight excluding hydrogens is 326 g/mol. The summed E-state index contributed by atoms with van der Waals surface area (Å²) in [6.07, 6.45) is 4.03. The van der Waals surface area contributed by atoms with Gasteiger partial charge in [0.05, 0.1) is 0 Å². The number of aliphatic imine (C=N–C) groups is 1. The fourth-order valence-corrected chi connectivity index (χ4v) is 3.82. The van der Waals surface area contributed by atoms with E-state index >= 15 is 0 Å². The predicted molar refractivity (Wildman–Crippen MR) is 107 cm³/mol. The molecule has 0 amide bonds. The molecule has 7 heteroatoms. The van der Waals surface area contributed by atoms with Crippen LogP contribution in [-0.2, 0) is 13.0 Å². The number of guanidine groups is 1. The summed E-state index contributed by atoms with van der Waals surface area (Å²) in [6, 6.07) is 0. The zero-order valence-corrected chi connectivity index (χ0v) is 17.4. The van der Waals surface area contributed by atoms with Gasteiger partial charge in [-0.05, 0) is 32.1 Å². The molecule has 0 saturated carbocycles. The van der Waals surface area contributed by atoms with Crippen LogP contribution < -0.4 is 10.6 Å². The molecule has 0 bridgehead atoms. The first-order valence-corrected chi connectivity index (χ1v) is 9.92. The van der Waals surface area contributed by atoms with E-state index in [-0.39, 0.29) is 5.54 Å². The average Bonchev–Trinajstić information content (AvgIpc) is 3.04. The summed E-state index contributed by atoms with van der Waals surface area (Å²) >= 11 is 0. The third kappa shape index (κ3) is 5.69. The van der Waals surface area contributed by atoms with Gasteiger partial charge in [-0.3, -0.25) is 9.89 Å². The Labute approximate surface area is 158 Å². The first kappa shape index (κ1) is 20.7. The Bertz CT molecular complexity index is 568. The molecule has 1 saturated heterocycles. The zero-order chi connectivity index (χ0) is 19.2. The second kappa shape index (κ2) is 9.35. The highest BCUT2D eigenvalue weighted by Gasteiger charge is 2.32. The average molecular weight is 364 g/mol. The second-order valence-corrected chi connectivity index (χ2v) is 8.31. The van der Waals surface area contributed by atoms with E-state index in [0.29, 0.717) is 0 Å². The largest absolute Gasteiger partial charge is 0.355 e. The first-order valence-electron chi connectivity index (χ1n) is 9.92. The van der Waals surface area contributed by atoms with Gasteiger partial charge in [0, 0.05) is 51.7 Å². The minimum Gasteiger partial charge on any atom is -0.355 e. The normalized spacial score (nSPS) is 22.5. The lowest BCUT2D eigenvalue weighted by Crippen LogP contribution is -2.57. The van der Waals surface area contributed by atoms with E-state index in [2.05, 4.69) is 69.9 Å². The van der Waals surface area contributed by atoms with E-state index in [1.54, 1.807) is 6.33 Å². The van der Waals surface area contributed by atoms with Crippen LogP contribution in [0.5, 0.6) is 0 Å². The molecule has 2 unspecified atom stereocenters. The molecule has 1 aromatic heterocycles. The van der Waals surface area contributed by atoms with Crippen LogP contribution in [0.2, 0.25) is 0 Å². The van der Waals surface area contributed by atoms with Gasteiger partial charge in [0.15, 0.2) is 5.96 Å². The maximum atomic E-state index is 4.36.